The summed E-state index contributed by atoms with van der Waals surface area (Å²) in [6.45, 7) is 12.2. The van der Waals surface area contributed by atoms with Crippen LogP contribution >= 0.6 is 0 Å². The van der Waals surface area contributed by atoms with Gasteiger partial charge in [0.1, 0.15) is 0 Å². The summed E-state index contributed by atoms with van der Waals surface area (Å²) < 4.78 is 0. The van der Waals surface area contributed by atoms with E-state index in [1.54, 1.807) is 0 Å². The second-order valence-electron chi connectivity index (χ2n) is 12.7. The molecule has 1 amide bonds. The van der Waals surface area contributed by atoms with Gasteiger partial charge in [0.2, 0.25) is 5.91 Å². The van der Waals surface area contributed by atoms with Crippen LogP contribution in [-0.2, 0) is 4.79 Å². The van der Waals surface area contributed by atoms with Gasteiger partial charge in [0, 0.05) is 19.5 Å². The topological polar surface area (TPSA) is 40.5 Å². The maximum Gasteiger partial charge on any atom is 0.222 e. The number of aliphatic hydroxyl groups excluding tert-OH is 1. The first kappa shape index (κ1) is 22.6. The first-order valence-electron chi connectivity index (χ1n) is 13.0. The van der Waals surface area contributed by atoms with Gasteiger partial charge in [-0.2, -0.15) is 0 Å². The van der Waals surface area contributed by atoms with Crippen LogP contribution < -0.4 is 0 Å². The summed E-state index contributed by atoms with van der Waals surface area (Å²) in [6, 6.07) is 0.228. The van der Waals surface area contributed by atoms with Crippen molar-refractivity contribution in [1.29, 1.82) is 0 Å². The molecule has 3 saturated carbocycles. The van der Waals surface area contributed by atoms with E-state index in [9.17, 15) is 9.90 Å². The van der Waals surface area contributed by atoms with Gasteiger partial charge in [-0.15, -0.1) is 0 Å². The number of likely N-dealkylation sites (tertiary alicyclic amines) is 1. The Labute approximate surface area is 185 Å². The van der Waals surface area contributed by atoms with Crippen molar-refractivity contribution in [3.05, 3.63) is 0 Å². The van der Waals surface area contributed by atoms with Crippen molar-refractivity contribution in [3.8, 4) is 0 Å². The van der Waals surface area contributed by atoms with Crippen molar-refractivity contribution >= 4 is 5.91 Å². The number of rotatable bonds is 5. The molecule has 1 saturated heterocycles. The number of amides is 1. The molecule has 0 aromatic rings. The Bertz CT molecular complexity index is 647. The lowest BCUT2D eigenvalue weighted by Crippen LogP contribution is -2.64. The van der Waals surface area contributed by atoms with Gasteiger partial charge in [0.05, 0.1) is 6.10 Å². The number of hydrogen-bond acceptors (Lipinski definition) is 2. The third kappa shape index (κ3) is 3.46. The van der Waals surface area contributed by atoms with Crippen molar-refractivity contribution in [2.45, 2.75) is 111 Å². The lowest BCUT2D eigenvalue weighted by atomic mass is 9.45. The highest BCUT2D eigenvalue weighted by atomic mass is 16.3. The lowest BCUT2D eigenvalue weighted by molar-refractivity contribution is -0.181. The minimum absolute atomic E-state index is 0.189. The van der Waals surface area contributed by atoms with Crippen molar-refractivity contribution in [1.82, 2.24) is 4.90 Å². The van der Waals surface area contributed by atoms with E-state index >= 15 is 0 Å². The zero-order valence-electron chi connectivity index (χ0n) is 20.5. The number of piperidine rings is 1. The molecule has 4 fully saturated rings. The van der Waals surface area contributed by atoms with E-state index < -0.39 is 0 Å². The fourth-order valence-corrected chi connectivity index (χ4v) is 9.11. The Morgan fingerprint density at radius 2 is 1.73 bits per heavy atom. The lowest BCUT2D eigenvalue weighted by Gasteiger charge is -2.63. The van der Waals surface area contributed by atoms with E-state index in [0.29, 0.717) is 29.6 Å². The van der Waals surface area contributed by atoms with E-state index in [1.165, 1.54) is 44.9 Å². The summed E-state index contributed by atoms with van der Waals surface area (Å²) in [5.41, 5.74) is 0.591. The molecule has 9 atom stereocenters. The smallest absolute Gasteiger partial charge is 0.222 e. The predicted molar refractivity (Wildman–Crippen MR) is 123 cm³/mol. The number of carbonyl (C=O) groups is 1. The summed E-state index contributed by atoms with van der Waals surface area (Å²) in [5.74, 6) is 4.41. The van der Waals surface area contributed by atoms with Gasteiger partial charge >= 0.3 is 0 Å². The number of hydrogen-bond donors (Lipinski definition) is 1. The monoisotopic (exact) mass is 417 g/mol. The molecule has 3 heteroatoms. The second kappa shape index (κ2) is 8.09. The number of carbonyl (C=O) groups excluding carboxylic acids is 1. The highest BCUT2D eigenvalue weighted by Crippen LogP contribution is 2.67. The van der Waals surface area contributed by atoms with Crippen LogP contribution in [0.4, 0.5) is 0 Å². The quantitative estimate of drug-likeness (QED) is 0.605. The van der Waals surface area contributed by atoms with Gasteiger partial charge in [-0.25, -0.2) is 0 Å². The zero-order valence-corrected chi connectivity index (χ0v) is 20.5. The molecule has 0 aromatic carbocycles. The third-order valence-electron chi connectivity index (χ3n) is 10.8. The summed E-state index contributed by atoms with van der Waals surface area (Å²) in [7, 11) is 1.98. The summed E-state index contributed by atoms with van der Waals surface area (Å²) in [6.07, 6.45) is 11.6. The normalized spacial score (nSPS) is 47.1. The van der Waals surface area contributed by atoms with Crippen LogP contribution in [0.1, 0.15) is 98.8 Å². The molecule has 0 radical (unpaired) electrons. The molecular weight excluding hydrogens is 370 g/mol. The maximum absolute atomic E-state index is 12.4. The van der Waals surface area contributed by atoms with Gasteiger partial charge in [-0.3, -0.25) is 4.79 Å². The molecule has 7 unspecified atom stereocenters. The molecule has 3 aliphatic carbocycles. The Morgan fingerprint density at radius 3 is 2.43 bits per heavy atom. The van der Waals surface area contributed by atoms with E-state index in [0.717, 1.165) is 30.6 Å². The van der Waals surface area contributed by atoms with E-state index in [2.05, 4.69) is 34.6 Å². The molecule has 30 heavy (non-hydrogen) atoms. The zero-order chi connectivity index (χ0) is 21.8. The van der Waals surface area contributed by atoms with E-state index in [1.807, 2.05) is 11.9 Å². The van der Waals surface area contributed by atoms with Gasteiger partial charge in [0.25, 0.3) is 0 Å². The first-order chi connectivity index (χ1) is 14.1. The Morgan fingerprint density at radius 1 is 1.03 bits per heavy atom. The van der Waals surface area contributed by atoms with Crippen LogP contribution in [0.15, 0.2) is 0 Å². The van der Waals surface area contributed by atoms with Crippen LogP contribution in [0, 0.1) is 46.3 Å². The molecule has 1 N–H and O–H groups in total. The number of aliphatic hydroxyl groups is 1. The third-order valence-corrected chi connectivity index (χ3v) is 10.8. The first-order valence-corrected chi connectivity index (χ1v) is 13.0. The van der Waals surface area contributed by atoms with Crippen LogP contribution in [-0.4, -0.2) is 35.1 Å². The Hall–Kier alpha value is -0.570. The van der Waals surface area contributed by atoms with Gasteiger partial charge in [-0.05, 0) is 84.9 Å². The molecule has 4 rings (SSSR count). The highest BCUT2D eigenvalue weighted by Gasteiger charge is 2.63. The van der Waals surface area contributed by atoms with Crippen LogP contribution in [0.3, 0.4) is 0 Å². The van der Waals surface area contributed by atoms with Crippen molar-refractivity contribution in [2.24, 2.45) is 46.3 Å². The minimum atomic E-state index is -0.235. The van der Waals surface area contributed by atoms with E-state index in [4.69, 9.17) is 0 Å². The predicted octanol–water partition coefficient (Wildman–Crippen LogP) is 5.90. The highest BCUT2D eigenvalue weighted by molar-refractivity contribution is 5.77. The average Bonchev–Trinajstić information content (AvgIpc) is 3.03. The Balaban J connectivity index is 1.53. The second-order valence-corrected chi connectivity index (χ2v) is 12.7. The summed E-state index contributed by atoms with van der Waals surface area (Å²) in [5, 5.41) is 11.4. The van der Waals surface area contributed by atoms with E-state index in [-0.39, 0.29) is 23.5 Å². The molecular formula is C27H47NO2. The molecule has 3 nitrogen and oxygen atoms in total. The standard InChI is InChI=1S/C27H47NO2/c1-17(2)8-7-9-18(3)19-10-11-20-25-21(12-14-26(19,20)4)27(5)15-13-24(30)28(6)23(27)16-22(25)29/h17-23,25,29H,7-16H2,1-6H3/t18?,19?,20?,21?,22?,23?,25?,26-,27-/m1/s1. The van der Waals surface area contributed by atoms with Crippen molar-refractivity contribution in [3.63, 3.8) is 0 Å². The average molecular weight is 418 g/mol. The summed E-state index contributed by atoms with van der Waals surface area (Å²) >= 11 is 0. The summed E-state index contributed by atoms with van der Waals surface area (Å²) in [4.78, 5) is 14.4. The minimum Gasteiger partial charge on any atom is -0.393 e. The molecule has 1 heterocycles. The molecule has 4 aliphatic rings. The molecule has 172 valence electrons. The molecule has 1 aliphatic heterocycles. The van der Waals surface area contributed by atoms with Crippen LogP contribution in [0.25, 0.3) is 0 Å². The van der Waals surface area contributed by atoms with Gasteiger partial charge < -0.3 is 10.0 Å². The number of fused-ring (bicyclic) bond motifs is 5. The fraction of sp³-hybridized carbons (Fsp3) is 0.963. The van der Waals surface area contributed by atoms with Crippen LogP contribution in [0.5, 0.6) is 0 Å². The molecule has 0 aromatic heterocycles. The SMILES string of the molecule is CC(C)CCCC(C)C1CCC2C3C(O)CC4N(C)C(=O)CC[C@]4(C)C3CC[C@]12C. The van der Waals surface area contributed by atoms with Crippen molar-refractivity contribution < 1.29 is 9.90 Å². The fourth-order valence-electron chi connectivity index (χ4n) is 9.11. The largest absolute Gasteiger partial charge is 0.393 e. The molecule has 0 spiro atoms. The van der Waals surface area contributed by atoms with Gasteiger partial charge in [0.15, 0.2) is 0 Å². The molecule has 0 bridgehead atoms. The maximum atomic E-state index is 12.4. The van der Waals surface area contributed by atoms with Crippen LogP contribution in [0.2, 0.25) is 0 Å². The van der Waals surface area contributed by atoms with Gasteiger partial charge in [-0.1, -0.05) is 53.9 Å². The number of nitrogens with zero attached hydrogens (tertiary/aromatic N) is 1. The van der Waals surface area contributed by atoms with Crippen molar-refractivity contribution in [2.75, 3.05) is 7.05 Å². The Kier molecular flexibility index (Phi) is 6.10.